The molecular formula is C21H12BrClFN3O2S. The van der Waals surface area contributed by atoms with E-state index in [1.165, 1.54) is 18.2 Å². The minimum Gasteiger partial charge on any atom is -0.436 e. The molecule has 4 rings (SSSR count). The Morgan fingerprint density at radius 3 is 2.73 bits per heavy atom. The first-order valence-electron chi connectivity index (χ1n) is 8.63. The molecule has 1 aromatic heterocycles. The third-order valence-electron chi connectivity index (χ3n) is 4.15. The molecule has 9 heteroatoms. The van der Waals surface area contributed by atoms with E-state index in [2.05, 4.69) is 31.5 Å². The fourth-order valence-corrected chi connectivity index (χ4v) is 3.53. The summed E-state index contributed by atoms with van der Waals surface area (Å²) in [5.74, 6) is -0.885. The van der Waals surface area contributed by atoms with E-state index < -0.39 is 11.7 Å². The fourth-order valence-electron chi connectivity index (χ4n) is 2.76. The van der Waals surface area contributed by atoms with Gasteiger partial charge < -0.3 is 9.73 Å². The molecule has 3 aromatic carbocycles. The molecule has 0 spiro atoms. The van der Waals surface area contributed by atoms with Crippen LogP contribution in [0.5, 0.6) is 0 Å². The van der Waals surface area contributed by atoms with Crippen molar-refractivity contribution in [3.05, 3.63) is 81.5 Å². The molecule has 30 heavy (non-hydrogen) atoms. The van der Waals surface area contributed by atoms with Crippen LogP contribution in [0, 0.1) is 5.82 Å². The third-order valence-corrected chi connectivity index (χ3v) is 5.18. The average molecular weight is 505 g/mol. The lowest BCUT2D eigenvalue weighted by Gasteiger charge is -2.09. The number of carbonyl (C=O) groups excluding carboxylic acids is 1. The van der Waals surface area contributed by atoms with Crippen molar-refractivity contribution < 1.29 is 13.6 Å². The second kappa shape index (κ2) is 8.51. The van der Waals surface area contributed by atoms with Crippen molar-refractivity contribution in [2.24, 2.45) is 0 Å². The van der Waals surface area contributed by atoms with Crippen LogP contribution in [0.2, 0.25) is 5.02 Å². The molecule has 150 valence electrons. The molecule has 0 radical (unpaired) electrons. The summed E-state index contributed by atoms with van der Waals surface area (Å²) in [6, 6.07) is 16.2. The largest absolute Gasteiger partial charge is 0.436 e. The topological polar surface area (TPSA) is 67.2 Å². The van der Waals surface area contributed by atoms with Crippen molar-refractivity contribution in [3.8, 4) is 11.5 Å². The van der Waals surface area contributed by atoms with Gasteiger partial charge in [-0.2, -0.15) is 0 Å². The highest BCUT2D eigenvalue weighted by molar-refractivity contribution is 9.10. The van der Waals surface area contributed by atoms with Gasteiger partial charge in [-0.3, -0.25) is 10.1 Å². The van der Waals surface area contributed by atoms with Gasteiger partial charge in [0, 0.05) is 10.2 Å². The standard InChI is InChI=1S/C21H12BrClFN3O2S/c22-11-5-7-15(23)14(9-11)20-26-17-10-12(6-8-18(17)29-20)25-21(30)27-19(28)13-3-1-2-4-16(13)24/h1-10H,(H2,25,27,28,30). The Morgan fingerprint density at radius 1 is 1.13 bits per heavy atom. The number of oxazole rings is 1. The maximum absolute atomic E-state index is 13.7. The van der Waals surface area contributed by atoms with Crippen LogP contribution in [-0.2, 0) is 0 Å². The van der Waals surface area contributed by atoms with E-state index in [0.29, 0.717) is 33.3 Å². The normalized spacial score (nSPS) is 10.8. The highest BCUT2D eigenvalue weighted by Crippen LogP contribution is 2.32. The lowest BCUT2D eigenvalue weighted by Crippen LogP contribution is -2.34. The maximum Gasteiger partial charge on any atom is 0.260 e. The molecule has 4 aromatic rings. The first kappa shape index (κ1) is 20.5. The van der Waals surface area contributed by atoms with E-state index >= 15 is 0 Å². The minimum absolute atomic E-state index is 0.0290. The van der Waals surface area contributed by atoms with Gasteiger partial charge in [0.25, 0.3) is 5.91 Å². The van der Waals surface area contributed by atoms with E-state index in [4.69, 9.17) is 28.2 Å². The zero-order chi connectivity index (χ0) is 21.3. The van der Waals surface area contributed by atoms with Gasteiger partial charge in [0.05, 0.1) is 16.1 Å². The number of amides is 1. The lowest BCUT2D eigenvalue weighted by atomic mass is 10.2. The molecule has 0 fully saturated rings. The van der Waals surface area contributed by atoms with E-state index in [1.807, 2.05) is 12.1 Å². The van der Waals surface area contributed by atoms with Crippen molar-refractivity contribution in [2.45, 2.75) is 0 Å². The van der Waals surface area contributed by atoms with Crippen molar-refractivity contribution >= 4 is 67.6 Å². The van der Waals surface area contributed by atoms with E-state index in [-0.39, 0.29) is 10.7 Å². The Morgan fingerprint density at radius 2 is 1.93 bits per heavy atom. The van der Waals surface area contributed by atoms with Crippen LogP contribution in [0.4, 0.5) is 10.1 Å². The maximum atomic E-state index is 13.7. The summed E-state index contributed by atoms with van der Waals surface area (Å²) >= 11 is 14.8. The number of halogens is 3. The Hall–Kier alpha value is -2.81. The number of anilines is 1. The number of fused-ring (bicyclic) bond motifs is 1. The number of carbonyl (C=O) groups is 1. The SMILES string of the molecule is O=C(NC(=S)Nc1ccc2oc(-c3cc(Br)ccc3Cl)nc2c1)c1ccccc1F. The molecule has 0 saturated heterocycles. The third kappa shape index (κ3) is 4.35. The van der Waals surface area contributed by atoms with Crippen LogP contribution in [0.1, 0.15) is 10.4 Å². The van der Waals surface area contributed by atoms with Gasteiger partial charge in [0.2, 0.25) is 5.89 Å². The summed E-state index contributed by atoms with van der Waals surface area (Å²) in [4.78, 5) is 16.7. The van der Waals surface area contributed by atoms with Gasteiger partial charge in [-0.1, -0.05) is 39.7 Å². The molecule has 0 saturated carbocycles. The Labute approximate surface area is 189 Å². The molecule has 0 atom stereocenters. The number of aromatic nitrogens is 1. The quantitative estimate of drug-likeness (QED) is 0.326. The van der Waals surface area contributed by atoms with E-state index in [1.54, 1.807) is 30.3 Å². The molecule has 0 unspecified atom stereocenters. The van der Waals surface area contributed by atoms with Crippen LogP contribution in [0.15, 0.2) is 69.6 Å². The van der Waals surface area contributed by atoms with Crippen molar-refractivity contribution in [1.82, 2.24) is 10.3 Å². The molecule has 1 heterocycles. The molecule has 0 aliphatic carbocycles. The monoisotopic (exact) mass is 503 g/mol. The Balaban J connectivity index is 1.52. The number of hydrogen-bond acceptors (Lipinski definition) is 4. The van der Waals surface area contributed by atoms with E-state index in [9.17, 15) is 9.18 Å². The number of nitrogens with zero attached hydrogens (tertiary/aromatic N) is 1. The minimum atomic E-state index is -0.639. The molecule has 0 bridgehead atoms. The zero-order valence-corrected chi connectivity index (χ0v) is 18.2. The fraction of sp³-hybridized carbons (Fsp3) is 0. The Bertz CT molecular complexity index is 1290. The first-order valence-corrected chi connectivity index (χ1v) is 10.2. The van der Waals surface area contributed by atoms with Gasteiger partial charge in [-0.05, 0) is 60.7 Å². The Kier molecular flexibility index (Phi) is 5.80. The van der Waals surface area contributed by atoms with Gasteiger partial charge in [0.1, 0.15) is 11.3 Å². The highest BCUT2D eigenvalue weighted by atomic mass is 79.9. The van der Waals surface area contributed by atoms with Gasteiger partial charge in [0.15, 0.2) is 10.7 Å². The van der Waals surface area contributed by atoms with Gasteiger partial charge in [-0.25, -0.2) is 9.37 Å². The van der Waals surface area contributed by atoms with Crippen LogP contribution in [0.3, 0.4) is 0 Å². The molecule has 2 N–H and O–H groups in total. The van der Waals surface area contributed by atoms with Crippen molar-refractivity contribution in [3.63, 3.8) is 0 Å². The lowest BCUT2D eigenvalue weighted by molar-refractivity contribution is 0.0974. The molecule has 0 aliphatic heterocycles. The van der Waals surface area contributed by atoms with Gasteiger partial charge in [-0.15, -0.1) is 0 Å². The molecule has 1 amide bonds. The summed E-state index contributed by atoms with van der Waals surface area (Å²) in [5, 5.41) is 5.88. The molecule has 0 aliphatic rings. The second-order valence-electron chi connectivity index (χ2n) is 6.21. The van der Waals surface area contributed by atoms with Gasteiger partial charge >= 0.3 is 0 Å². The van der Waals surface area contributed by atoms with Crippen LogP contribution < -0.4 is 10.6 Å². The number of nitrogens with one attached hydrogen (secondary N) is 2. The summed E-state index contributed by atoms with van der Waals surface area (Å²) in [5.41, 5.74) is 2.29. The van der Waals surface area contributed by atoms with E-state index in [0.717, 1.165) is 4.47 Å². The van der Waals surface area contributed by atoms with Crippen LogP contribution in [-0.4, -0.2) is 16.0 Å². The summed E-state index contributed by atoms with van der Waals surface area (Å²) in [6.45, 7) is 0. The zero-order valence-electron chi connectivity index (χ0n) is 15.1. The average Bonchev–Trinajstić information content (AvgIpc) is 3.13. The predicted molar refractivity (Wildman–Crippen MR) is 122 cm³/mol. The highest BCUT2D eigenvalue weighted by Gasteiger charge is 2.14. The van der Waals surface area contributed by atoms with Crippen LogP contribution >= 0.6 is 39.7 Å². The predicted octanol–water partition coefficient (Wildman–Crippen LogP) is 6.18. The summed E-state index contributed by atoms with van der Waals surface area (Å²) in [6.07, 6.45) is 0. The molecule has 5 nitrogen and oxygen atoms in total. The number of hydrogen-bond donors (Lipinski definition) is 2. The summed E-state index contributed by atoms with van der Waals surface area (Å²) < 4.78 is 20.4. The molecular weight excluding hydrogens is 493 g/mol. The second-order valence-corrected chi connectivity index (χ2v) is 7.94. The van der Waals surface area contributed by atoms with Crippen molar-refractivity contribution in [2.75, 3.05) is 5.32 Å². The van der Waals surface area contributed by atoms with Crippen molar-refractivity contribution in [1.29, 1.82) is 0 Å². The van der Waals surface area contributed by atoms with Crippen LogP contribution in [0.25, 0.3) is 22.6 Å². The number of benzene rings is 3. The first-order chi connectivity index (χ1) is 14.4. The summed E-state index contributed by atoms with van der Waals surface area (Å²) in [7, 11) is 0. The number of rotatable bonds is 3. The number of thiocarbonyl (C=S) groups is 1. The smallest absolute Gasteiger partial charge is 0.260 e.